The van der Waals surface area contributed by atoms with Gasteiger partial charge in [0.2, 0.25) is 35.4 Å². The number of nitrogens with two attached hydrogens (primary N) is 1. The van der Waals surface area contributed by atoms with E-state index >= 15 is 0 Å². The van der Waals surface area contributed by atoms with Gasteiger partial charge in [0.05, 0.1) is 46.6 Å². The van der Waals surface area contributed by atoms with Crippen LogP contribution in [0.3, 0.4) is 0 Å². The summed E-state index contributed by atoms with van der Waals surface area (Å²) in [5.41, 5.74) is 12.7. The third-order valence-corrected chi connectivity index (χ3v) is 18.6. The van der Waals surface area contributed by atoms with E-state index < -0.39 is 90.5 Å². The Hall–Kier alpha value is -7.92. The maximum Gasteiger partial charge on any atom is 0.396 e. The highest BCUT2D eigenvalue weighted by atomic mass is 32.1. The Morgan fingerprint density at radius 1 is 0.865 bits per heavy atom. The summed E-state index contributed by atoms with van der Waals surface area (Å²) < 4.78 is 17.9. The smallest absolute Gasteiger partial charge is 0.391 e. The van der Waals surface area contributed by atoms with Crippen molar-refractivity contribution in [3.05, 3.63) is 141 Å². The van der Waals surface area contributed by atoms with Gasteiger partial charge >= 0.3 is 7.60 Å². The number of ether oxygens (including phenoxy) is 1. The molecule has 1 fully saturated rings. The molecule has 5 heterocycles. The Labute approximate surface area is 520 Å². The normalized spacial score (nSPS) is 18.4. The number of unbranched alkanes of at least 4 members (excludes halogenated alkanes) is 3. The highest BCUT2D eigenvalue weighted by Gasteiger charge is 2.46. The first-order chi connectivity index (χ1) is 42.3. The zero-order valence-corrected chi connectivity index (χ0v) is 52.3. The molecule has 10 N–H and O–H groups in total. The van der Waals surface area contributed by atoms with E-state index in [1.54, 1.807) is 23.8 Å². The molecule has 0 unspecified atom stereocenters. The van der Waals surface area contributed by atoms with Gasteiger partial charge in [0.1, 0.15) is 29.9 Å². The number of primary amides is 1. The molecule has 7 amide bonds. The summed E-state index contributed by atoms with van der Waals surface area (Å²) in [5, 5.41) is 22.8. The van der Waals surface area contributed by atoms with E-state index in [1.807, 2.05) is 94.4 Å². The van der Waals surface area contributed by atoms with Crippen molar-refractivity contribution in [2.45, 2.75) is 167 Å². The fourth-order valence-corrected chi connectivity index (χ4v) is 13.2. The van der Waals surface area contributed by atoms with Crippen molar-refractivity contribution in [1.82, 2.24) is 36.1 Å². The van der Waals surface area contributed by atoms with E-state index in [0.29, 0.717) is 29.4 Å². The summed E-state index contributed by atoms with van der Waals surface area (Å²) in [4.78, 5) is 138. The third-order valence-electron chi connectivity index (χ3n) is 16.9. The Morgan fingerprint density at radius 3 is 2.27 bits per heavy atom. The van der Waals surface area contributed by atoms with Crippen LogP contribution in [0.4, 0.5) is 5.69 Å². The first-order valence-electron chi connectivity index (χ1n) is 30.1. The van der Waals surface area contributed by atoms with E-state index in [-0.39, 0.29) is 81.3 Å². The Balaban J connectivity index is 0.722. The number of rotatable bonds is 26. The lowest BCUT2D eigenvalue weighted by Crippen LogP contribution is -2.57. The fraction of sp³-hybridized carbons (Fsp3) is 0.431. The lowest BCUT2D eigenvalue weighted by atomic mass is 9.85. The highest BCUT2D eigenvalue weighted by molar-refractivity contribution is 7.70. The van der Waals surface area contributed by atoms with Gasteiger partial charge in [-0.1, -0.05) is 100 Å². The summed E-state index contributed by atoms with van der Waals surface area (Å²) in [7, 11) is -5.05. The van der Waals surface area contributed by atoms with E-state index in [0.717, 1.165) is 69.6 Å². The number of likely N-dealkylation sites (tertiary alicyclic amines) is 1. The molecular weight excluding hydrogens is 1180 g/mol. The number of amides is 7. The van der Waals surface area contributed by atoms with E-state index in [1.165, 1.54) is 34.1 Å². The summed E-state index contributed by atoms with van der Waals surface area (Å²) >= 11 is 1.56. The molecule has 6 aromatic rings. The molecule has 0 bridgehead atoms. The molecule has 0 saturated carbocycles. The first-order valence-corrected chi connectivity index (χ1v) is 32.6. The van der Waals surface area contributed by atoms with Crippen molar-refractivity contribution in [1.29, 1.82) is 0 Å². The minimum Gasteiger partial charge on any atom is -0.391 e. The molecule has 0 radical (unpaired) electrons. The van der Waals surface area contributed by atoms with E-state index in [4.69, 9.17) is 10.5 Å². The number of fused-ring (bicyclic) bond motifs is 1. The number of thiazole rings is 1. The lowest BCUT2D eigenvalue weighted by molar-refractivity contribution is -0.144. The van der Waals surface area contributed by atoms with Crippen LogP contribution in [0, 0.1) is 12.3 Å². The number of aromatic nitrogens is 2. The molecule has 22 nitrogen and oxygen atoms in total. The predicted molar refractivity (Wildman–Crippen MR) is 335 cm³/mol. The van der Waals surface area contributed by atoms with Gasteiger partial charge in [0.25, 0.3) is 11.4 Å². The van der Waals surface area contributed by atoms with Crippen LogP contribution < -0.4 is 31.9 Å². The number of aryl methyl sites for hydroxylation is 3. The monoisotopic (exact) mass is 1260 g/mol. The number of H-pyrrole nitrogens is 1. The topological polar surface area (TPSA) is 333 Å². The summed E-state index contributed by atoms with van der Waals surface area (Å²) in [6.07, 6.45) is 3.79. The molecule has 89 heavy (non-hydrogen) atoms. The van der Waals surface area contributed by atoms with Crippen LogP contribution >= 0.6 is 18.9 Å². The average molecular weight is 1260 g/mol. The van der Waals surface area contributed by atoms with Gasteiger partial charge < -0.3 is 56.5 Å². The minimum absolute atomic E-state index is 0.0120. The summed E-state index contributed by atoms with van der Waals surface area (Å²) in [6, 6.07) is 22.3. The van der Waals surface area contributed by atoms with E-state index in [2.05, 4.69) is 31.2 Å². The second kappa shape index (κ2) is 28.3. The van der Waals surface area contributed by atoms with Crippen molar-refractivity contribution < 1.29 is 62.6 Å². The summed E-state index contributed by atoms with van der Waals surface area (Å²) in [5.74, 6) is -3.21. The number of hydrogen-bond donors (Lipinski definition) is 9. The highest BCUT2D eigenvalue weighted by Crippen LogP contribution is 2.41. The quantitative estimate of drug-likeness (QED) is 0.0205. The fourth-order valence-electron chi connectivity index (χ4n) is 11.9. The van der Waals surface area contributed by atoms with Gasteiger partial charge in [-0.15, -0.1) is 11.3 Å². The Morgan fingerprint density at radius 2 is 1.57 bits per heavy atom. The number of β-amino-alcohol motifs (C(OH)–C–C–N with tert-alkyl or cyclic N) is 1. The number of hydrogen-bond acceptors (Lipinski definition) is 13. The van der Waals surface area contributed by atoms with Crippen molar-refractivity contribution in [2.24, 2.45) is 11.1 Å². The predicted octanol–water partition coefficient (Wildman–Crippen LogP) is 6.58. The van der Waals surface area contributed by atoms with Gasteiger partial charge in [-0.05, 0) is 115 Å². The number of carbonyl (C=O) groups excluding carboxylic acids is 8. The molecule has 0 aliphatic carbocycles. The second-order valence-corrected chi connectivity index (χ2v) is 26.9. The zero-order chi connectivity index (χ0) is 63.9. The molecular formula is C65H78N9O13PS. The Kier molecular flexibility index (Phi) is 20.8. The van der Waals surface area contributed by atoms with Crippen molar-refractivity contribution >= 4 is 82.4 Å². The van der Waals surface area contributed by atoms with Crippen LogP contribution in [0.5, 0.6) is 0 Å². The Bertz CT molecular complexity index is 3670. The SMILES string of the molecule is Cc1ncsc1-c1ccc(CNC(=O)[C@@H]2C[C@@H](O)CN2C(=O)[C@@H](NC(=O)CCCCCCc2ccc(CO[C@H](C)[C@H](CCC(N)=O)NC(=O)[C@@H]3Cc4cccc5c4N3C(=O)[C@@H](NC(=O)c3cc4cc(C(=O)P(=O)(O)O)ccc4[nH]3)CC5)cc2)C(C)(C)C)cc1. The number of carbonyl (C=O) groups is 8. The van der Waals surface area contributed by atoms with Gasteiger partial charge in [-0.3, -0.25) is 47.8 Å². The maximum atomic E-state index is 14.6. The van der Waals surface area contributed by atoms with Crippen LogP contribution in [0.25, 0.3) is 21.3 Å². The lowest BCUT2D eigenvalue weighted by Gasteiger charge is -2.35. The molecule has 9 rings (SSSR count). The van der Waals surface area contributed by atoms with Crippen molar-refractivity contribution in [3.63, 3.8) is 0 Å². The zero-order valence-electron chi connectivity index (χ0n) is 50.6. The number of aromatic amines is 1. The molecule has 3 aliphatic rings. The molecule has 3 aliphatic heterocycles. The number of aliphatic hydroxyl groups excluding tert-OH is 1. The van der Waals surface area contributed by atoms with Crippen LogP contribution in [0.1, 0.15) is 140 Å². The number of para-hydroxylation sites is 1. The standard InChI is InChI=1S/C65H78N9O13PS/c1-37-57(89-36-68-37)43-21-19-40(20-22-43)33-67-60(79)52-32-47(75)34-73(52)63(82)58(65(3,4)5)72-55(77)14-9-7-6-8-11-39-15-17-41(18-16-39)35-87-38(2)48(27-28-54(66)76)70-61(80)53-31-44-13-10-12-42-23-26-50(62(81)74(53)56(42)44)71-59(78)51-30-46-29-45(24-25-49(46)69-51)64(83)88(84,85)86/h10,12-13,15-22,24-25,29-30,36,38,47-48,50,52-53,58,69,75H,6-9,11,14,23,26-28,31-35H2,1-5H3,(H2,66,76)(H,67,79)(H,70,80)(H,71,78)(H,72,77)(H2,84,85,86)/t38-,47-,48+,50+,52+,53+,58-/m1/s1. The largest absolute Gasteiger partial charge is 0.396 e. The molecule has 7 atom stereocenters. The maximum absolute atomic E-state index is 14.6. The number of nitrogens with one attached hydrogen (secondary N) is 5. The molecule has 1 saturated heterocycles. The van der Waals surface area contributed by atoms with Crippen LogP contribution in [0.15, 0.2) is 96.5 Å². The number of benzene rings is 4. The van der Waals surface area contributed by atoms with Gasteiger partial charge in [0, 0.05) is 55.2 Å². The number of anilines is 1. The van der Waals surface area contributed by atoms with Crippen molar-refractivity contribution in [2.75, 3.05) is 11.4 Å². The number of nitrogens with zero attached hydrogens (tertiary/aromatic N) is 3. The molecule has 0 spiro atoms. The number of aliphatic hydroxyl groups is 1. The van der Waals surface area contributed by atoms with Crippen molar-refractivity contribution in [3.8, 4) is 10.4 Å². The van der Waals surface area contributed by atoms with Crippen LogP contribution in [0.2, 0.25) is 0 Å². The first kappa shape index (κ1) is 65.5. The average Bonchev–Trinajstić information content (AvgIpc) is 1.72. The minimum atomic E-state index is -5.05. The van der Waals surface area contributed by atoms with Gasteiger partial charge in [-0.2, -0.15) is 0 Å². The second-order valence-electron chi connectivity index (χ2n) is 24.6. The van der Waals surface area contributed by atoms with Gasteiger partial charge in [0.15, 0.2) is 0 Å². The molecule has 4 aromatic carbocycles. The summed E-state index contributed by atoms with van der Waals surface area (Å²) in [6.45, 7) is 9.77. The van der Waals surface area contributed by atoms with Crippen LogP contribution in [-0.4, -0.2) is 126 Å². The molecule has 2 aromatic heterocycles. The van der Waals surface area contributed by atoms with Gasteiger partial charge in [-0.25, -0.2) is 4.98 Å². The molecule has 472 valence electrons. The third kappa shape index (κ3) is 16.1. The molecule has 24 heteroatoms. The van der Waals surface area contributed by atoms with Crippen LogP contribution in [-0.2, 0) is 70.5 Å². The van der Waals surface area contributed by atoms with E-state index in [9.17, 15) is 57.8 Å².